The van der Waals surface area contributed by atoms with Crippen molar-refractivity contribution in [2.45, 2.75) is 76.9 Å². The van der Waals surface area contributed by atoms with E-state index in [2.05, 4.69) is 6.92 Å². The highest BCUT2D eigenvalue weighted by Gasteiger charge is 2.60. The molecule has 0 radical (unpaired) electrons. The Kier molecular flexibility index (Phi) is 3.12. The molecule has 0 spiro atoms. The van der Waals surface area contributed by atoms with Crippen LogP contribution in [0.1, 0.15) is 65.7 Å². The van der Waals surface area contributed by atoms with Crippen LogP contribution >= 0.6 is 0 Å². The summed E-state index contributed by atoms with van der Waals surface area (Å²) in [6.07, 6.45) is 5.22. The topological polar surface area (TPSA) is 57.5 Å². The summed E-state index contributed by atoms with van der Waals surface area (Å²) in [5, 5.41) is 21.2. The lowest BCUT2D eigenvalue weighted by Gasteiger charge is -2.61. The number of ketones is 1. The van der Waals surface area contributed by atoms with Crippen LogP contribution in [0.5, 0.6) is 0 Å². The maximum absolute atomic E-state index is 12.5. The van der Waals surface area contributed by atoms with Gasteiger partial charge in [0.2, 0.25) is 0 Å². The Bertz CT molecular complexity index is 390. The van der Waals surface area contributed by atoms with Crippen molar-refractivity contribution >= 4 is 5.78 Å². The van der Waals surface area contributed by atoms with Gasteiger partial charge in [-0.1, -0.05) is 20.8 Å². The van der Waals surface area contributed by atoms with Crippen LogP contribution in [0.2, 0.25) is 0 Å². The van der Waals surface area contributed by atoms with E-state index in [4.69, 9.17) is 0 Å². The van der Waals surface area contributed by atoms with Gasteiger partial charge in [0, 0.05) is 18.3 Å². The second-order valence-electron chi connectivity index (χ2n) is 8.49. The van der Waals surface area contributed by atoms with Gasteiger partial charge >= 0.3 is 0 Å². The zero-order chi connectivity index (χ0) is 14.8. The molecule has 0 amide bonds. The summed E-state index contributed by atoms with van der Waals surface area (Å²) < 4.78 is 0. The molecule has 4 rings (SSSR count). The lowest BCUT2D eigenvalue weighted by atomic mass is 9.47. The normalized spacial score (nSPS) is 46.8. The lowest BCUT2D eigenvalue weighted by Crippen LogP contribution is -2.62. The van der Waals surface area contributed by atoms with Crippen LogP contribution in [0.3, 0.4) is 0 Å². The third-order valence-electron chi connectivity index (χ3n) is 6.50. The van der Waals surface area contributed by atoms with E-state index in [1.54, 1.807) is 0 Å². The number of rotatable bonds is 4. The van der Waals surface area contributed by atoms with Gasteiger partial charge in [-0.05, 0) is 49.9 Å². The molecule has 0 aromatic heterocycles. The zero-order valence-electron chi connectivity index (χ0n) is 13.0. The van der Waals surface area contributed by atoms with Gasteiger partial charge in [-0.25, -0.2) is 0 Å². The maximum atomic E-state index is 12.5. The first-order chi connectivity index (χ1) is 9.16. The van der Waals surface area contributed by atoms with Crippen LogP contribution in [-0.4, -0.2) is 27.2 Å². The van der Waals surface area contributed by atoms with E-state index in [1.165, 1.54) is 0 Å². The van der Waals surface area contributed by atoms with E-state index >= 15 is 0 Å². The largest absolute Gasteiger partial charge is 0.390 e. The fourth-order valence-electron chi connectivity index (χ4n) is 5.18. The number of hydrogen-bond acceptors (Lipinski definition) is 3. The van der Waals surface area contributed by atoms with Crippen molar-refractivity contribution in [1.82, 2.24) is 0 Å². The second-order valence-corrected chi connectivity index (χ2v) is 8.49. The number of Topliss-reactive ketones (excluding diaryl/α,β-unsaturated/α-hetero) is 1. The van der Waals surface area contributed by atoms with Gasteiger partial charge in [0.1, 0.15) is 5.78 Å². The lowest BCUT2D eigenvalue weighted by molar-refractivity contribution is -0.220. The third-order valence-corrected chi connectivity index (χ3v) is 6.50. The monoisotopic (exact) mass is 280 g/mol. The molecule has 2 N–H and O–H groups in total. The molecule has 114 valence electrons. The quantitative estimate of drug-likeness (QED) is 0.832. The van der Waals surface area contributed by atoms with Gasteiger partial charge in [0.05, 0.1) is 11.2 Å². The number of hydrogen-bond donors (Lipinski definition) is 2. The molecule has 0 saturated heterocycles. The smallest absolute Gasteiger partial charge is 0.138 e. The minimum Gasteiger partial charge on any atom is -0.390 e. The van der Waals surface area contributed by atoms with Crippen LogP contribution < -0.4 is 0 Å². The molecule has 20 heavy (non-hydrogen) atoms. The van der Waals surface area contributed by atoms with Crippen LogP contribution in [-0.2, 0) is 4.79 Å². The van der Waals surface area contributed by atoms with Gasteiger partial charge in [-0.15, -0.1) is 0 Å². The molecular formula is C17H28O3. The molecule has 4 bridgehead atoms. The summed E-state index contributed by atoms with van der Waals surface area (Å²) in [7, 11) is 0. The van der Waals surface area contributed by atoms with E-state index in [1.807, 2.05) is 13.8 Å². The first-order valence-corrected chi connectivity index (χ1v) is 8.14. The fraction of sp³-hybridized carbons (Fsp3) is 0.941. The Balaban J connectivity index is 1.76. The van der Waals surface area contributed by atoms with Crippen molar-refractivity contribution in [3.05, 3.63) is 0 Å². The van der Waals surface area contributed by atoms with Gasteiger partial charge < -0.3 is 10.2 Å². The first kappa shape index (κ1) is 14.5. The Morgan fingerprint density at radius 1 is 1.10 bits per heavy atom. The molecular weight excluding hydrogens is 252 g/mol. The Hall–Kier alpha value is -0.410. The van der Waals surface area contributed by atoms with Crippen molar-refractivity contribution in [3.63, 3.8) is 0 Å². The Labute approximate surface area is 121 Å². The molecule has 3 heteroatoms. The highest BCUT2D eigenvalue weighted by molar-refractivity contribution is 5.84. The van der Waals surface area contributed by atoms with E-state index in [0.29, 0.717) is 36.4 Å². The van der Waals surface area contributed by atoms with Crippen LogP contribution in [0.4, 0.5) is 0 Å². The van der Waals surface area contributed by atoms with Crippen molar-refractivity contribution < 1.29 is 15.0 Å². The van der Waals surface area contributed by atoms with E-state index < -0.39 is 11.2 Å². The number of carbonyl (C=O) groups excluding carboxylic acids is 1. The summed E-state index contributed by atoms with van der Waals surface area (Å²) in [5.41, 5.74) is -1.54. The predicted octanol–water partition coefficient (Wildman–Crippen LogP) is 2.68. The third kappa shape index (κ3) is 2.23. The summed E-state index contributed by atoms with van der Waals surface area (Å²) in [4.78, 5) is 12.5. The molecule has 4 aliphatic carbocycles. The minimum absolute atomic E-state index is 0.234. The molecule has 0 aromatic rings. The van der Waals surface area contributed by atoms with E-state index in [-0.39, 0.29) is 5.41 Å². The fourth-order valence-corrected chi connectivity index (χ4v) is 5.18. The summed E-state index contributed by atoms with van der Waals surface area (Å²) in [6, 6.07) is 0. The van der Waals surface area contributed by atoms with Crippen molar-refractivity contribution in [3.8, 4) is 0 Å². The summed E-state index contributed by atoms with van der Waals surface area (Å²) >= 11 is 0. The molecule has 0 aromatic carbocycles. The molecule has 3 nitrogen and oxygen atoms in total. The second kappa shape index (κ2) is 4.30. The molecule has 0 atom stereocenters. The van der Waals surface area contributed by atoms with Gasteiger partial charge in [0.15, 0.2) is 0 Å². The Morgan fingerprint density at radius 3 is 1.95 bits per heavy atom. The highest BCUT2D eigenvalue weighted by atomic mass is 16.3. The molecule has 0 unspecified atom stereocenters. The zero-order valence-corrected chi connectivity index (χ0v) is 13.0. The molecule has 0 aliphatic heterocycles. The predicted molar refractivity (Wildman–Crippen MR) is 77.2 cm³/mol. The first-order valence-electron chi connectivity index (χ1n) is 8.14. The van der Waals surface area contributed by atoms with Crippen LogP contribution in [0.15, 0.2) is 0 Å². The molecule has 4 saturated carbocycles. The van der Waals surface area contributed by atoms with Crippen molar-refractivity contribution in [2.24, 2.45) is 23.2 Å². The van der Waals surface area contributed by atoms with Crippen LogP contribution in [0, 0.1) is 23.2 Å². The van der Waals surface area contributed by atoms with E-state index in [0.717, 1.165) is 32.1 Å². The van der Waals surface area contributed by atoms with Gasteiger partial charge in [-0.3, -0.25) is 4.79 Å². The number of aliphatic hydroxyl groups is 2. The SMILES string of the molecule is CCC(C)(C)C(=O)CC1C2CC3(O)CC1CC(O)(C2)C3. The minimum atomic E-state index is -0.652. The van der Waals surface area contributed by atoms with Crippen molar-refractivity contribution in [1.29, 1.82) is 0 Å². The summed E-state index contributed by atoms with van der Waals surface area (Å²) in [5.74, 6) is 1.41. The van der Waals surface area contributed by atoms with Gasteiger partial charge in [-0.2, -0.15) is 0 Å². The van der Waals surface area contributed by atoms with Crippen molar-refractivity contribution in [2.75, 3.05) is 0 Å². The summed E-state index contributed by atoms with van der Waals surface area (Å²) in [6.45, 7) is 6.14. The highest BCUT2D eigenvalue weighted by Crippen LogP contribution is 2.60. The molecule has 0 heterocycles. The number of carbonyl (C=O) groups is 1. The van der Waals surface area contributed by atoms with Crippen LogP contribution in [0.25, 0.3) is 0 Å². The standard InChI is InChI=1S/C17H28O3/c1-4-15(2,3)14(18)5-13-11-6-16(19)8-12(13)9-17(20,7-11)10-16/h11-13,19-20H,4-10H2,1-3H3. The molecule has 4 aliphatic rings. The average molecular weight is 280 g/mol. The Morgan fingerprint density at radius 2 is 1.55 bits per heavy atom. The average Bonchev–Trinajstić information content (AvgIpc) is 2.30. The maximum Gasteiger partial charge on any atom is 0.138 e. The molecule has 4 fully saturated rings. The van der Waals surface area contributed by atoms with E-state index in [9.17, 15) is 15.0 Å². The van der Waals surface area contributed by atoms with Gasteiger partial charge in [0.25, 0.3) is 0 Å².